The smallest absolute Gasteiger partial charge is 0.132 e. The van der Waals surface area contributed by atoms with Crippen molar-refractivity contribution >= 4 is 11.5 Å². The second-order valence-corrected chi connectivity index (χ2v) is 3.90. The molecular weight excluding hydrogens is 212 g/mol. The maximum atomic E-state index is 9.14. The molecule has 0 fully saturated rings. The number of hydrogen-bond acceptors (Lipinski definition) is 3. The summed E-state index contributed by atoms with van der Waals surface area (Å²) >= 11 is 0. The Bertz CT molecular complexity index is 453. The number of pyridine rings is 1. The summed E-state index contributed by atoms with van der Waals surface area (Å²) in [7, 11) is 0. The Hall–Kier alpha value is -1.87. The molecule has 0 unspecified atom stereocenters. The number of rotatable bonds is 4. The minimum atomic E-state index is 0.102. The van der Waals surface area contributed by atoms with Crippen LogP contribution in [0.4, 0.5) is 11.5 Å². The van der Waals surface area contributed by atoms with Gasteiger partial charge in [-0.2, -0.15) is 0 Å². The van der Waals surface area contributed by atoms with Crippen LogP contribution in [-0.2, 0) is 0 Å². The van der Waals surface area contributed by atoms with E-state index in [0.29, 0.717) is 6.54 Å². The molecule has 0 spiro atoms. The molecule has 0 saturated carbocycles. The zero-order chi connectivity index (χ0) is 12.1. The second kappa shape index (κ2) is 5.46. The molecule has 17 heavy (non-hydrogen) atoms. The lowest BCUT2D eigenvalue weighted by atomic mass is 10.2. The van der Waals surface area contributed by atoms with Crippen LogP contribution in [0, 0.1) is 6.92 Å². The van der Waals surface area contributed by atoms with E-state index in [9.17, 15) is 0 Å². The largest absolute Gasteiger partial charge is 0.395 e. The van der Waals surface area contributed by atoms with E-state index in [4.69, 9.17) is 5.11 Å². The predicted octanol–water partition coefficient (Wildman–Crippen LogP) is 2.52. The molecular formula is C14H16N2O. The van der Waals surface area contributed by atoms with Crippen molar-refractivity contribution in [3.63, 3.8) is 0 Å². The van der Waals surface area contributed by atoms with Crippen LogP contribution in [-0.4, -0.2) is 23.2 Å². The molecule has 0 aliphatic carbocycles. The van der Waals surface area contributed by atoms with Gasteiger partial charge in [-0.15, -0.1) is 0 Å². The predicted molar refractivity (Wildman–Crippen MR) is 69.5 cm³/mol. The first kappa shape index (κ1) is 11.6. The van der Waals surface area contributed by atoms with E-state index in [2.05, 4.69) is 24.0 Å². The summed E-state index contributed by atoms with van der Waals surface area (Å²) in [4.78, 5) is 6.31. The maximum Gasteiger partial charge on any atom is 0.132 e. The van der Waals surface area contributed by atoms with Gasteiger partial charge in [0.05, 0.1) is 6.61 Å². The van der Waals surface area contributed by atoms with Gasteiger partial charge in [-0.05, 0) is 31.2 Å². The molecule has 0 aliphatic heterocycles. The van der Waals surface area contributed by atoms with Crippen LogP contribution < -0.4 is 4.90 Å². The molecule has 1 N–H and O–H groups in total. The Morgan fingerprint density at radius 2 is 1.88 bits per heavy atom. The Morgan fingerprint density at radius 1 is 1.12 bits per heavy atom. The SMILES string of the molecule is Cc1ccc(N(CCO)c2ccccn2)cc1. The van der Waals surface area contributed by atoms with Gasteiger partial charge in [-0.1, -0.05) is 23.8 Å². The van der Waals surface area contributed by atoms with Crippen LogP contribution in [0.15, 0.2) is 48.7 Å². The molecule has 1 heterocycles. The highest BCUT2D eigenvalue weighted by Gasteiger charge is 2.08. The highest BCUT2D eigenvalue weighted by atomic mass is 16.3. The van der Waals surface area contributed by atoms with E-state index in [0.717, 1.165) is 11.5 Å². The van der Waals surface area contributed by atoms with E-state index in [1.807, 2.05) is 35.2 Å². The first-order valence-corrected chi connectivity index (χ1v) is 5.67. The van der Waals surface area contributed by atoms with Gasteiger partial charge in [0.1, 0.15) is 5.82 Å². The molecule has 0 aliphatic rings. The molecule has 0 atom stereocenters. The van der Waals surface area contributed by atoms with E-state index >= 15 is 0 Å². The third-order valence-corrected chi connectivity index (χ3v) is 2.60. The summed E-state index contributed by atoms with van der Waals surface area (Å²) in [6.45, 7) is 2.70. The first-order valence-electron chi connectivity index (χ1n) is 5.67. The molecule has 2 aromatic rings. The lowest BCUT2D eigenvalue weighted by Crippen LogP contribution is -2.21. The highest BCUT2D eigenvalue weighted by Crippen LogP contribution is 2.22. The highest BCUT2D eigenvalue weighted by molar-refractivity contribution is 5.59. The van der Waals surface area contributed by atoms with E-state index < -0.39 is 0 Å². The van der Waals surface area contributed by atoms with Gasteiger partial charge >= 0.3 is 0 Å². The normalized spacial score (nSPS) is 10.2. The average molecular weight is 228 g/mol. The minimum absolute atomic E-state index is 0.102. The molecule has 2 rings (SSSR count). The van der Waals surface area contributed by atoms with Crippen molar-refractivity contribution < 1.29 is 5.11 Å². The van der Waals surface area contributed by atoms with Crippen molar-refractivity contribution in [1.82, 2.24) is 4.98 Å². The summed E-state index contributed by atoms with van der Waals surface area (Å²) in [5.41, 5.74) is 2.27. The molecule has 0 amide bonds. The maximum absolute atomic E-state index is 9.14. The molecule has 0 saturated heterocycles. The number of aromatic nitrogens is 1. The number of hydrogen-bond donors (Lipinski definition) is 1. The van der Waals surface area contributed by atoms with Crippen molar-refractivity contribution in [3.8, 4) is 0 Å². The van der Waals surface area contributed by atoms with E-state index in [1.165, 1.54) is 5.56 Å². The third-order valence-electron chi connectivity index (χ3n) is 2.60. The lowest BCUT2D eigenvalue weighted by molar-refractivity contribution is 0.305. The lowest BCUT2D eigenvalue weighted by Gasteiger charge is -2.22. The standard InChI is InChI=1S/C14H16N2O/c1-12-5-7-13(8-6-12)16(10-11-17)14-4-2-3-9-15-14/h2-9,17H,10-11H2,1H3. The number of aliphatic hydroxyl groups excluding tert-OH is 1. The van der Waals surface area contributed by atoms with Crippen LogP contribution in [0.2, 0.25) is 0 Å². The summed E-state index contributed by atoms with van der Waals surface area (Å²) in [6.07, 6.45) is 1.76. The Kier molecular flexibility index (Phi) is 3.73. The topological polar surface area (TPSA) is 36.4 Å². The molecule has 3 heteroatoms. The van der Waals surface area contributed by atoms with Crippen molar-refractivity contribution in [2.45, 2.75) is 6.92 Å². The van der Waals surface area contributed by atoms with E-state index in [-0.39, 0.29) is 6.61 Å². The fourth-order valence-electron chi connectivity index (χ4n) is 1.71. The number of nitrogens with zero attached hydrogens (tertiary/aromatic N) is 2. The summed E-state index contributed by atoms with van der Waals surface area (Å²) in [5, 5.41) is 9.14. The van der Waals surface area contributed by atoms with Crippen molar-refractivity contribution in [3.05, 3.63) is 54.2 Å². The Morgan fingerprint density at radius 3 is 2.47 bits per heavy atom. The molecule has 1 aromatic heterocycles. The molecule has 0 radical (unpaired) electrons. The van der Waals surface area contributed by atoms with Gasteiger partial charge < -0.3 is 10.0 Å². The number of benzene rings is 1. The zero-order valence-electron chi connectivity index (χ0n) is 9.87. The van der Waals surface area contributed by atoms with Gasteiger partial charge in [-0.3, -0.25) is 0 Å². The fraction of sp³-hybridized carbons (Fsp3) is 0.214. The van der Waals surface area contributed by atoms with Gasteiger partial charge in [0.25, 0.3) is 0 Å². The molecule has 0 bridgehead atoms. The summed E-state index contributed by atoms with van der Waals surface area (Å²) < 4.78 is 0. The fourth-order valence-corrected chi connectivity index (χ4v) is 1.71. The molecule has 3 nitrogen and oxygen atoms in total. The van der Waals surface area contributed by atoms with E-state index in [1.54, 1.807) is 6.20 Å². The molecule has 1 aromatic carbocycles. The number of aryl methyl sites for hydroxylation is 1. The van der Waals surface area contributed by atoms with Gasteiger partial charge in [0.15, 0.2) is 0 Å². The summed E-state index contributed by atoms with van der Waals surface area (Å²) in [6, 6.07) is 14.0. The number of anilines is 2. The van der Waals surface area contributed by atoms with Crippen LogP contribution in [0.5, 0.6) is 0 Å². The minimum Gasteiger partial charge on any atom is -0.395 e. The van der Waals surface area contributed by atoms with Crippen LogP contribution in [0.3, 0.4) is 0 Å². The molecule has 88 valence electrons. The average Bonchev–Trinajstić information content (AvgIpc) is 2.38. The number of aliphatic hydroxyl groups is 1. The van der Waals surface area contributed by atoms with Crippen molar-refractivity contribution in [1.29, 1.82) is 0 Å². The first-order chi connectivity index (χ1) is 8.31. The van der Waals surface area contributed by atoms with Gasteiger partial charge in [0.2, 0.25) is 0 Å². The summed E-state index contributed by atoms with van der Waals surface area (Å²) in [5.74, 6) is 0.852. The van der Waals surface area contributed by atoms with Gasteiger partial charge in [-0.25, -0.2) is 4.98 Å². The van der Waals surface area contributed by atoms with Crippen LogP contribution in [0.1, 0.15) is 5.56 Å². The third kappa shape index (κ3) is 2.82. The second-order valence-electron chi connectivity index (χ2n) is 3.90. The van der Waals surface area contributed by atoms with Crippen molar-refractivity contribution in [2.75, 3.05) is 18.1 Å². The van der Waals surface area contributed by atoms with Crippen molar-refractivity contribution in [2.24, 2.45) is 0 Å². The monoisotopic (exact) mass is 228 g/mol. The Labute approximate surface area is 101 Å². The van der Waals surface area contributed by atoms with Crippen LogP contribution in [0.25, 0.3) is 0 Å². The zero-order valence-corrected chi connectivity index (χ0v) is 9.87. The van der Waals surface area contributed by atoms with Gasteiger partial charge in [0, 0.05) is 18.4 Å². The Balaban J connectivity index is 2.32. The van der Waals surface area contributed by atoms with Crippen LogP contribution >= 0.6 is 0 Å². The quantitative estimate of drug-likeness (QED) is 0.873.